The molecule has 2 saturated heterocycles. The normalized spacial score (nSPS) is 21.7. The van der Waals surface area contributed by atoms with E-state index in [9.17, 15) is 18.0 Å². The smallest absolute Gasteiger partial charge is 0.254 e. The number of amides is 2. The third-order valence-electron chi connectivity index (χ3n) is 4.48. The summed E-state index contributed by atoms with van der Waals surface area (Å²) in [5.74, 6) is -0.501. The Morgan fingerprint density at radius 3 is 2.69 bits per heavy atom. The average molecular weight is 403 g/mol. The van der Waals surface area contributed by atoms with Gasteiger partial charge in [0.1, 0.15) is 0 Å². The van der Waals surface area contributed by atoms with Crippen molar-refractivity contribution in [2.24, 2.45) is 0 Å². The molecule has 3 rings (SSSR count). The number of nitrogens with one attached hydrogen (secondary N) is 2. The van der Waals surface area contributed by atoms with Crippen molar-refractivity contribution in [1.82, 2.24) is 19.8 Å². The van der Waals surface area contributed by atoms with Gasteiger partial charge in [-0.2, -0.15) is 4.31 Å². The Bertz CT molecular complexity index is 786. The molecule has 8 nitrogen and oxygen atoms in total. The fraction of sp³-hybridized carbons (Fsp3) is 0.500. The maximum atomic E-state index is 12.8. The van der Waals surface area contributed by atoms with E-state index in [1.165, 1.54) is 12.1 Å². The molecular formula is C16H23ClN4O4S. The molecule has 1 aromatic rings. The highest BCUT2D eigenvalue weighted by atomic mass is 35.5. The van der Waals surface area contributed by atoms with Gasteiger partial charge in [0.05, 0.1) is 11.4 Å². The van der Waals surface area contributed by atoms with Gasteiger partial charge in [0.25, 0.3) is 5.91 Å². The SMILES string of the molecule is C[C@H]1CNCCN1C(=O)c1cccc(S(=O)(=O)N2CCNC(=O)C2)c1.Cl. The zero-order valence-corrected chi connectivity index (χ0v) is 16.1. The molecule has 2 amide bonds. The molecule has 0 aliphatic carbocycles. The average Bonchev–Trinajstić information content (AvgIpc) is 2.62. The first-order valence-electron chi connectivity index (χ1n) is 8.28. The first kappa shape index (κ1) is 20.6. The van der Waals surface area contributed by atoms with Gasteiger partial charge >= 0.3 is 0 Å². The van der Waals surface area contributed by atoms with Crippen LogP contribution in [0.25, 0.3) is 0 Å². The van der Waals surface area contributed by atoms with Crippen molar-refractivity contribution in [1.29, 1.82) is 0 Å². The molecule has 1 aromatic carbocycles. The van der Waals surface area contributed by atoms with Gasteiger partial charge in [-0.15, -0.1) is 12.4 Å². The molecule has 2 fully saturated rings. The number of hydrogen-bond donors (Lipinski definition) is 2. The lowest BCUT2D eigenvalue weighted by Gasteiger charge is -2.34. The van der Waals surface area contributed by atoms with Crippen LogP contribution in [0.4, 0.5) is 0 Å². The van der Waals surface area contributed by atoms with Crippen molar-refractivity contribution in [3.63, 3.8) is 0 Å². The van der Waals surface area contributed by atoms with E-state index in [2.05, 4.69) is 10.6 Å². The summed E-state index contributed by atoms with van der Waals surface area (Å²) in [5.41, 5.74) is 0.344. The highest BCUT2D eigenvalue weighted by molar-refractivity contribution is 7.89. The molecule has 1 atom stereocenters. The number of carbonyl (C=O) groups is 2. The van der Waals surface area contributed by atoms with Gasteiger partial charge in [-0.1, -0.05) is 6.07 Å². The fourth-order valence-electron chi connectivity index (χ4n) is 3.07. The number of rotatable bonds is 3. The number of benzene rings is 1. The minimum Gasteiger partial charge on any atom is -0.354 e. The molecule has 2 aliphatic heterocycles. The third-order valence-corrected chi connectivity index (χ3v) is 6.33. The van der Waals surface area contributed by atoms with Gasteiger partial charge in [0.15, 0.2) is 0 Å². The first-order valence-corrected chi connectivity index (χ1v) is 9.72. The van der Waals surface area contributed by atoms with Gasteiger partial charge in [0, 0.05) is 44.3 Å². The largest absolute Gasteiger partial charge is 0.354 e. The van der Waals surface area contributed by atoms with E-state index in [-0.39, 0.29) is 54.8 Å². The topological polar surface area (TPSA) is 98.8 Å². The van der Waals surface area contributed by atoms with Crippen molar-refractivity contribution in [3.8, 4) is 0 Å². The Balaban J connectivity index is 0.00000243. The maximum absolute atomic E-state index is 12.8. The summed E-state index contributed by atoms with van der Waals surface area (Å²) in [4.78, 5) is 26.0. The first-order chi connectivity index (χ1) is 11.9. The van der Waals surface area contributed by atoms with Crippen molar-refractivity contribution >= 4 is 34.2 Å². The summed E-state index contributed by atoms with van der Waals surface area (Å²) in [6.07, 6.45) is 0. The lowest BCUT2D eigenvalue weighted by molar-refractivity contribution is -0.122. The van der Waals surface area contributed by atoms with Gasteiger partial charge < -0.3 is 15.5 Å². The second kappa shape index (κ2) is 8.34. The number of carbonyl (C=O) groups excluding carboxylic acids is 2. The highest BCUT2D eigenvalue weighted by Crippen LogP contribution is 2.19. The molecule has 26 heavy (non-hydrogen) atoms. The molecule has 144 valence electrons. The predicted molar refractivity (Wildman–Crippen MR) is 98.8 cm³/mol. The molecule has 2 N–H and O–H groups in total. The highest BCUT2D eigenvalue weighted by Gasteiger charge is 2.30. The molecule has 0 radical (unpaired) electrons. The second-order valence-electron chi connectivity index (χ2n) is 6.27. The van der Waals surface area contributed by atoms with E-state index in [4.69, 9.17) is 0 Å². The Morgan fingerprint density at radius 1 is 1.23 bits per heavy atom. The Labute approximate surface area is 159 Å². The molecule has 0 bridgehead atoms. The zero-order valence-electron chi connectivity index (χ0n) is 14.5. The number of nitrogens with zero attached hydrogens (tertiary/aromatic N) is 2. The van der Waals surface area contributed by atoms with E-state index < -0.39 is 10.0 Å². The predicted octanol–water partition coefficient (Wildman–Crippen LogP) is -0.337. The Morgan fingerprint density at radius 2 is 2.00 bits per heavy atom. The maximum Gasteiger partial charge on any atom is 0.254 e. The van der Waals surface area contributed by atoms with Crippen molar-refractivity contribution in [2.45, 2.75) is 17.9 Å². The van der Waals surface area contributed by atoms with Crippen LogP contribution >= 0.6 is 12.4 Å². The summed E-state index contributed by atoms with van der Waals surface area (Å²) < 4.78 is 26.7. The summed E-state index contributed by atoms with van der Waals surface area (Å²) in [6, 6.07) is 6.10. The van der Waals surface area contributed by atoms with Crippen LogP contribution in [0.3, 0.4) is 0 Å². The van der Waals surface area contributed by atoms with Crippen LogP contribution in [-0.4, -0.2) is 74.7 Å². The molecular weight excluding hydrogens is 380 g/mol. The monoisotopic (exact) mass is 402 g/mol. The number of sulfonamides is 1. The van der Waals surface area contributed by atoms with Crippen LogP contribution in [0, 0.1) is 0 Å². The van der Waals surface area contributed by atoms with Crippen LogP contribution < -0.4 is 10.6 Å². The van der Waals surface area contributed by atoms with Crippen LogP contribution in [0.1, 0.15) is 17.3 Å². The molecule has 10 heteroatoms. The quantitative estimate of drug-likeness (QED) is 0.720. The van der Waals surface area contributed by atoms with E-state index in [0.29, 0.717) is 18.7 Å². The molecule has 2 heterocycles. The lowest BCUT2D eigenvalue weighted by atomic mass is 10.1. The van der Waals surface area contributed by atoms with E-state index in [1.54, 1.807) is 17.0 Å². The molecule has 0 aromatic heterocycles. The number of halogens is 1. The summed E-state index contributed by atoms with van der Waals surface area (Å²) in [5, 5.41) is 5.82. The van der Waals surface area contributed by atoms with Crippen molar-refractivity contribution in [3.05, 3.63) is 29.8 Å². The Kier molecular flexibility index (Phi) is 6.62. The minimum absolute atomic E-state index is 0. The molecule has 2 aliphatic rings. The lowest BCUT2D eigenvalue weighted by Crippen LogP contribution is -2.52. The zero-order chi connectivity index (χ0) is 18.0. The van der Waals surface area contributed by atoms with E-state index >= 15 is 0 Å². The van der Waals surface area contributed by atoms with Crippen LogP contribution in [0.2, 0.25) is 0 Å². The van der Waals surface area contributed by atoms with Gasteiger partial charge in [-0.3, -0.25) is 9.59 Å². The summed E-state index contributed by atoms with van der Waals surface area (Å²) >= 11 is 0. The second-order valence-corrected chi connectivity index (χ2v) is 8.21. The number of hydrogen-bond acceptors (Lipinski definition) is 5. The molecule has 0 saturated carbocycles. The summed E-state index contributed by atoms with van der Waals surface area (Å²) in [6.45, 7) is 4.29. The van der Waals surface area contributed by atoms with Crippen LogP contribution in [0.5, 0.6) is 0 Å². The van der Waals surface area contributed by atoms with Gasteiger partial charge in [-0.05, 0) is 25.1 Å². The van der Waals surface area contributed by atoms with Gasteiger partial charge in [-0.25, -0.2) is 8.42 Å². The summed E-state index contributed by atoms with van der Waals surface area (Å²) in [7, 11) is -3.81. The molecule has 0 spiro atoms. The van der Waals surface area contributed by atoms with Crippen molar-refractivity contribution < 1.29 is 18.0 Å². The molecule has 0 unspecified atom stereocenters. The van der Waals surface area contributed by atoms with Crippen molar-refractivity contribution in [2.75, 3.05) is 39.3 Å². The van der Waals surface area contributed by atoms with Gasteiger partial charge in [0.2, 0.25) is 15.9 Å². The van der Waals surface area contributed by atoms with E-state index in [0.717, 1.165) is 10.8 Å². The fourth-order valence-corrected chi connectivity index (χ4v) is 4.51. The third kappa shape index (κ3) is 4.17. The number of piperazine rings is 2. The van der Waals surface area contributed by atoms with E-state index in [1.807, 2.05) is 6.92 Å². The van der Waals surface area contributed by atoms with Crippen LogP contribution in [0.15, 0.2) is 29.2 Å². The Hall–Kier alpha value is -1.68. The van der Waals surface area contributed by atoms with Crippen LogP contribution in [-0.2, 0) is 14.8 Å². The standard InChI is InChI=1S/C16H22N4O4S.ClH/c1-12-10-17-5-8-20(12)16(22)13-3-2-4-14(9-13)25(23,24)19-7-6-18-15(21)11-19;/h2-4,9,12,17H,5-8,10-11H2,1H3,(H,18,21);1H/t12-;/m0./s1. The minimum atomic E-state index is -3.81.